The minimum atomic E-state index is -0.638. The van der Waals surface area contributed by atoms with E-state index in [-0.39, 0.29) is 23.2 Å². The Kier molecular flexibility index (Phi) is 9.77. The number of imidazole rings is 1. The van der Waals surface area contributed by atoms with Crippen molar-refractivity contribution >= 4 is 29.2 Å². The van der Waals surface area contributed by atoms with Crippen LogP contribution in [0, 0.1) is 0 Å². The number of carbonyl (C=O) groups excluding carboxylic acids is 1. The Morgan fingerprint density at radius 2 is 1.86 bits per heavy atom. The number of rotatable bonds is 13. The average molecular weight is 499 g/mol. The Morgan fingerprint density at radius 1 is 1.11 bits per heavy atom. The van der Waals surface area contributed by atoms with Gasteiger partial charge in [-0.3, -0.25) is 19.1 Å². The number of aromatic nitrogens is 4. The van der Waals surface area contributed by atoms with Crippen LogP contribution in [-0.4, -0.2) is 37.3 Å². The third-order valence-electron chi connectivity index (χ3n) is 5.70. The van der Waals surface area contributed by atoms with Gasteiger partial charge in [0.1, 0.15) is 5.82 Å². The molecule has 0 saturated heterocycles. The fourth-order valence-electron chi connectivity index (χ4n) is 3.80. The number of nitrogens with two attached hydrogens (primary N) is 1. The number of nitrogen functional groups attached to an aromatic ring is 1. The van der Waals surface area contributed by atoms with Crippen LogP contribution in [-0.2, 0) is 17.9 Å². The van der Waals surface area contributed by atoms with Crippen LogP contribution in [0.1, 0.15) is 51.5 Å². The summed E-state index contributed by atoms with van der Waals surface area (Å²) in [6.07, 6.45) is 7.79. The lowest BCUT2D eigenvalue weighted by molar-refractivity contribution is -0.116. The largest absolute Gasteiger partial charge is 0.383 e. The number of hydrogen-bond donors (Lipinski definition) is 2. The van der Waals surface area contributed by atoms with Gasteiger partial charge in [0.25, 0.3) is 5.56 Å². The van der Waals surface area contributed by atoms with Crippen molar-refractivity contribution in [3.05, 3.63) is 69.1 Å². The first-order chi connectivity index (χ1) is 17.0. The van der Waals surface area contributed by atoms with Crippen molar-refractivity contribution in [3.8, 4) is 0 Å². The molecule has 0 spiro atoms. The van der Waals surface area contributed by atoms with Gasteiger partial charge in [0, 0.05) is 32.0 Å². The number of anilines is 2. The summed E-state index contributed by atoms with van der Waals surface area (Å²) in [5.74, 6) is -0.129. The molecule has 10 heteroatoms. The molecule has 0 saturated carbocycles. The first kappa shape index (κ1) is 26.3. The quantitative estimate of drug-likeness (QED) is 0.275. The Hall–Kier alpha value is -3.27. The van der Waals surface area contributed by atoms with Crippen LogP contribution in [0.2, 0.25) is 0 Å². The molecule has 0 unspecified atom stereocenters. The van der Waals surface area contributed by atoms with E-state index in [1.807, 2.05) is 48.0 Å². The monoisotopic (exact) mass is 498 g/mol. The lowest BCUT2D eigenvalue weighted by Gasteiger charge is -2.24. The highest BCUT2D eigenvalue weighted by atomic mass is 32.2. The van der Waals surface area contributed by atoms with E-state index < -0.39 is 11.2 Å². The Bertz CT molecular complexity index is 1220. The van der Waals surface area contributed by atoms with Crippen molar-refractivity contribution in [2.75, 3.05) is 22.9 Å². The molecule has 0 fully saturated rings. The van der Waals surface area contributed by atoms with E-state index in [0.717, 1.165) is 37.7 Å². The molecule has 2 heterocycles. The van der Waals surface area contributed by atoms with E-state index in [1.165, 1.54) is 21.2 Å². The minimum Gasteiger partial charge on any atom is -0.383 e. The molecule has 0 atom stereocenters. The lowest BCUT2D eigenvalue weighted by Crippen LogP contribution is -2.42. The molecule has 9 nitrogen and oxygen atoms in total. The predicted molar refractivity (Wildman–Crippen MR) is 141 cm³/mol. The normalized spacial score (nSPS) is 11.0. The number of benzene rings is 1. The Balaban J connectivity index is 1.83. The maximum absolute atomic E-state index is 13.4. The van der Waals surface area contributed by atoms with E-state index in [1.54, 1.807) is 6.20 Å². The fourth-order valence-corrected chi connectivity index (χ4v) is 4.63. The molecule has 0 radical (unpaired) electrons. The number of amides is 1. The second-order valence-electron chi connectivity index (χ2n) is 8.36. The lowest BCUT2D eigenvalue weighted by atomic mass is 10.2. The van der Waals surface area contributed by atoms with Crippen molar-refractivity contribution in [3.63, 3.8) is 0 Å². The maximum atomic E-state index is 13.4. The molecule has 188 valence electrons. The number of aromatic amines is 1. The Morgan fingerprint density at radius 3 is 2.57 bits per heavy atom. The number of hydrogen-bond acceptors (Lipinski definition) is 6. The van der Waals surface area contributed by atoms with Crippen LogP contribution in [0.4, 0.5) is 11.5 Å². The summed E-state index contributed by atoms with van der Waals surface area (Å²) in [6, 6.07) is 10.0. The third kappa shape index (κ3) is 6.88. The maximum Gasteiger partial charge on any atom is 0.330 e. The SMILES string of the molecule is CCCCCN(C(=O)CSc1nccn1Cc1ccccc1)c1c(N)n(CCCC)c(=O)[nH]c1=O. The third-order valence-corrected chi connectivity index (χ3v) is 6.69. The molecular weight excluding hydrogens is 464 g/mol. The fraction of sp³-hybridized carbons (Fsp3) is 0.440. The first-order valence-corrected chi connectivity index (χ1v) is 13.1. The zero-order chi connectivity index (χ0) is 25.2. The highest BCUT2D eigenvalue weighted by molar-refractivity contribution is 7.99. The second-order valence-corrected chi connectivity index (χ2v) is 9.31. The van der Waals surface area contributed by atoms with Crippen LogP contribution in [0.15, 0.2) is 57.5 Å². The molecule has 3 aromatic rings. The summed E-state index contributed by atoms with van der Waals surface area (Å²) in [4.78, 5) is 46.7. The zero-order valence-corrected chi connectivity index (χ0v) is 21.2. The van der Waals surface area contributed by atoms with Gasteiger partial charge in [-0.25, -0.2) is 9.78 Å². The topological polar surface area (TPSA) is 119 Å². The van der Waals surface area contributed by atoms with E-state index in [9.17, 15) is 14.4 Å². The van der Waals surface area contributed by atoms with Gasteiger partial charge in [0.05, 0.1) is 5.75 Å². The van der Waals surface area contributed by atoms with E-state index >= 15 is 0 Å². The van der Waals surface area contributed by atoms with Crippen molar-refractivity contribution in [1.29, 1.82) is 0 Å². The minimum absolute atomic E-state index is 0.0348. The summed E-state index contributed by atoms with van der Waals surface area (Å²) in [6.45, 7) is 5.46. The van der Waals surface area contributed by atoms with E-state index in [2.05, 4.69) is 16.9 Å². The average Bonchev–Trinajstić information content (AvgIpc) is 3.28. The van der Waals surface area contributed by atoms with E-state index in [0.29, 0.717) is 24.8 Å². The number of nitrogens with zero attached hydrogens (tertiary/aromatic N) is 4. The van der Waals surface area contributed by atoms with Gasteiger partial charge in [-0.2, -0.15) is 0 Å². The van der Waals surface area contributed by atoms with Crippen molar-refractivity contribution in [2.24, 2.45) is 0 Å². The van der Waals surface area contributed by atoms with Crippen LogP contribution in [0.25, 0.3) is 0 Å². The second kappa shape index (κ2) is 13.0. The van der Waals surface area contributed by atoms with Crippen molar-refractivity contribution in [2.45, 2.75) is 64.2 Å². The number of unbranched alkanes of at least 4 members (excludes halogenated alkanes) is 3. The van der Waals surface area contributed by atoms with Crippen LogP contribution in [0.5, 0.6) is 0 Å². The van der Waals surface area contributed by atoms with Gasteiger partial charge in [0.15, 0.2) is 10.8 Å². The van der Waals surface area contributed by atoms with Crippen LogP contribution >= 0.6 is 11.8 Å². The Labute approximate surface area is 209 Å². The van der Waals surface area contributed by atoms with Gasteiger partial charge >= 0.3 is 5.69 Å². The van der Waals surface area contributed by atoms with Crippen molar-refractivity contribution < 1.29 is 4.79 Å². The predicted octanol–water partition coefficient (Wildman–Crippen LogP) is 3.48. The van der Waals surface area contributed by atoms with Gasteiger partial charge in [-0.05, 0) is 18.4 Å². The zero-order valence-electron chi connectivity index (χ0n) is 20.4. The van der Waals surface area contributed by atoms with Crippen molar-refractivity contribution in [1.82, 2.24) is 19.1 Å². The highest BCUT2D eigenvalue weighted by Gasteiger charge is 2.24. The van der Waals surface area contributed by atoms with Gasteiger partial charge in [-0.1, -0.05) is 75.2 Å². The molecule has 35 heavy (non-hydrogen) atoms. The summed E-state index contributed by atoms with van der Waals surface area (Å²) in [5.41, 5.74) is 6.29. The van der Waals surface area contributed by atoms with Gasteiger partial charge < -0.3 is 15.2 Å². The number of H-pyrrole nitrogens is 1. The summed E-state index contributed by atoms with van der Waals surface area (Å²) in [7, 11) is 0. The number of carbonyl (C=O) groups is 1. The highest BCUT2D eigenvalue weighted by Crippen LogP contribution is 2.22. The molecule has 0 aliphatic heterocycles. The molecule has 3 rings (SSSR count). The molecule has 3 N–H and O–H groups in total. The smallest absolute Gasteiger partial charge is 0.330 e. The molecule has 1 aromatic carbocycles. The molecule has 0 aliphatic rings. The summed E-state index contributed by atoms with van der Waals surface area (Å²) < 4.78 is 3.33. The molecule has 0 bridgehead atoms. The van der Waals surface area contributed by atoms with Gasteiger partial charge in [0.2, 0.25) is 5.91 Å². The van der Waals surface area contributed by atoms with Crippen LogP contribution in [0.3, 0.4) is 0 Å². The molecule has 1 amide bonds. The molecular formula is C25H34N6O3S. The summed E-state index contributed by atoms with van der Waals surface area (Å²) in [5, 5.41) is 0.713. The number of thioether (sulfide) groups is 1. The number of nitrogens with one attached hydrogen (secondary N) is 1. The van der Waals surface area contributed by atoms with E-state index in [4.69, 9.17) is 5.73 Å². The first-order valence-electron chi connectivity index (χ1n) is 12.1. The molecule has 0 aliphatic carbocycles. The summed E-state index contributed by atoms with van der Waals surface area (Å²) >= 11 is 1.32. The van der Waals surface area contributed by atoms with Gasteiger partial charge in [-0.15, -0.1) is 0 Å². The standard InChI is InChI=1S/C25H34N6O3S/c1-3-5-10-15-30(21-22(26)31(14-6-4-2)24(34)28-23(21)33)20(32)18-35-25-27-13-16-29(25)17-19-11-8-7-9-12-19/h7-9,11-13,16H,3-6,10,14-15,17-18,26H2,1-2H3,(H,28,33,34). The van der Waals surface area contributed by atoms with Crippen LogP contribution < -0.4 is 21.9 Å². The molecule has 2 aromatic heterocycles.